The van der Waals surface area contributed by atoms with Gasteiger partial charge in [-0.2, -0.15) is 4.31 Å². The number of rotatable bonds is 8. The van der Waals surface area contributed by atoms with Crippen LogP contribution in [0.1, 0.15) is 25.7 Å². The van der Waals surface area contributed by atoms with E-state index >= 15 is 0 Å². The molecule has 0 saturated carbocycles. The molecule has 3 heterocycles. The van der Waals surface area contributed by atoms with Crippen molar-refractivity contribution in [3.05, 3.63) is 30.1 Å². The molecule has 3 aliphatic heterocycles. The van der Waals surface area contributed by atoms with Gasteiger partial charge in [-0.05, 0) is 44.0 Å². The van der Waals surface area contributed by atoms with E-state index in [0.29, 0.717) is 19.4 Å². The molecule has 10 nitrogen and oxygen atoms in total. The minimum Gasteiger partial charge on any atom is -0.389 e. The summed E-state index contributed by atoms with van der Waals surface area (Å²) in [6.07, 6.45) is -0.0377. The van der Waals surface area contributed by atoms with Gasteiger partial charge in [-0.1, -0.05) is 6.07 Å². The van der Waals surface area contributed by atoms with E-state index in [4.69, 9.17) is 14.2 Å². The summed E-state index contributed by atoms with van der Waals surface area (Å²) >= 11 is 0. The van der Waals surface area contributed by atoms with Crippen molar-refractivity contribution in [3.8, 4) is 0 Å². The van der Waals surface area contributed by atoms with E-state index in [1.54, 1.807) is 0 Å². The zero-order valence-electron chi connectivity index (χ0n) is 20.4. The summed E-state index contributed by atoms with van der Waals surface area (Å²) in [4.78, 5) is 14.6. The lowest BCUT2D eigenvalue weighted by atomic mass is 9.96. The number of fused-ring (bicyclic) bond motifs is 1. The van der Waals surface area contributed by atoms with Crippen LogP contribution in [0, 0.1) is 5.82 Å². The number of carbonyl (C=O) groups is 1. The number of sulfonamides is 1. The molecule has 3 saturated heterocycles. The van der Waals surface area contributed by atoms with E-state index < -0.39 is 34.1 Å². The zero-order chi connectivity index (χ0) is 25.5. The minimum absolute atomic E-state index is 0.0456. The third-order valence-corrected chi connectivity index (χ3v) is 8.71. The third kappa shape index (κ3) is 7.21. The number of carbonyl (C=O) groups excluding carboxylic acids is 1. The normalized spacial score (nSPS) is 28.6. The fourth-order valence-corrected chi connectivity index (χ4v) is 6.72. The molecule has 4 rings (SSSR count). The van der Waals surface area contributed by atoms with Crippen molar-refractivity contribution in [2.24, 2.45) is 0 Å². The van der Waals surface area contributed by atoms with Crippen LogP contribution in [0.3, 0.4) is 0 Å². The van der Waals surface area contributed by atoms with Crippen molar-refractivity contribution >= 4 is 15.9 Å². The molecule has 3 fully saturated rings. The summed E-state index contributed by atoms with van der Waals surface area (Å²) in [5, 5.41) is 13.2. The Morgan fingerprint density at radius 1 is 1.17 bits per heavy atom. The number of halogens is 1. The van der Waals surface area contributed by atoms with Gasteiger partial charge >= 0.3 is 0 Å². The number of β-amino-alcohol motifs (C(OH)–C–C–N with tert-alkyl or cyclic N) is 1. The Labute approximate surface area is 211 Å². The second kappa shape index (κ2) is 12.7. The van der Waals surface area contributed by atoms with Gasteiger partial charge in [0.05, 0.1) is 62.1 Å². The van der Waals surface area contributed by atoms with Crippen LogP contribution < -0.4 is 5.32 Å². The molecule has 0 aromatic heterocycles. The van der Waals surface area contributed by atoms with E-state index in [1.165, 1.54) is 22.5 Å². The summed E-state index contributed by atoms with van der Waals surface area (Å²) < 4.78 is 58.8. The lowest BCUT2D eigenvalue weighted by Crippen LogP contribution is -2.57. The van der Waals surface area contributed by atoms with Crippen LogP contribution in [-0.4, -0.2) is 112 Å². The topological polar surface area (TPSA) is 118 Å². The van der Waals surface area contributed by atoms with Crippen molar-refractivity contribution in [2.75, 3.05) is 59.2 Å². The van der Waals surface area contributed by atoms with Crippen LogP contribution in [0.2, 0.25) is 0 Å². The Kier molecular flexibility index (Phi) is 9.67. The first kappa shape index (κ1) is 27.4. The molecule has 0 radical (unpaired) electrons. The molecular weight excluding hydrogens is 493 g/mol. The molecule has 12 heteroatoms. The monoisotopic (exact) mass is 529 g/mol. The van der Waals surface area contributed by atoms with Crippen molar-refractivity contribution in [1.29, 1.82) is 0 Å². The maximum Gasteiger partial charge on any atom is 0.243 e. The quantitative estimate of drug-likeness (QED) is 0.464. The van der Waals surface area contributed by atoms with E-state index in [2.05, 4.69) is 10.2 Å². The van der Waals surface area contributed by atoms with Crippen molar-refractivity contribution < 1.29 is 36.9 Å². The molecule has 202 valence electrons. The Bertz CT molecular complexity index is 976. The largest absolute Gasteiger partial charge is 0.389 e. The number of nitrogens with zero attached hydrogens (tertiary/aromatic N) is 2. The third-order valence-electron chi connectivity index (χ3n) is 6.83. The number of hydrogen-bond acceptors (Lipinski definition) is 8. The standard InChI is InChI=1S/C24H36FN3O7S/c25-18-3-1-4-21(13-18)36(31,32)28-15-19(29)16-34-17-23-22(28)6-5-20(35-23)14-24(30)26-7-2-8-27-9-11-33-12-10-27/h1,3-4,13,19-20,22-23,29H,2,5-12,14-17H2,(H,26,30)/t19-,20+,22+,23-/m0/s1. The van der Waals surface area contributed by atoms with Crippen molar-refractivity contribution in [1.82, 2.24) is 14.5 Å². The van der Waals surface area contributed by atoms with Gasteiger partial charge in [0.2, 0.25) is 15.9 Å². The minimum atomic E-state index is -4.09. The van der Waals surface area contributed by atoms with Crippen molar-refractivity contribution in [3.63, 3.8) is 0 Å². The van der Waals surface area contributed by atoms with Crippen LogP contribution in [0.4, 0.5) is 4.39 Å². The molecule has 1 aromatic carbocycles. The van der Waals surface area contributed by atoms with Crippen molar-refractivity contribution in [2.45, 2.75) is 54.9 Å². The SMILES string of the molecule is O=C(C[C@H]1CC[C@@H]2[C@H](COC[C@@H](O)CN2S(=O)(=O)c2cccc(F)c2)O1)NCCCN1CCOCC1. The number of hydrogen-bond donors (Lipinski definition) is 2. The zero-order valence-corrected chi connectivity index (χ0v) is 21.2. The van der Waals surface area contributed by atoms with Crippen LogP contribution in [0.15, 0.2) is 29.2 Å². The summed E-state index contributed by atoms with van der Waals surface area (Å²) in [5.41, 5.74) is 0. The predicted octanol–water partition coefficient (Wildman–Crippen LogP) is 0.352. The lowest BCUT2D eigenvalue weighted by molar-refractivity contribution is -0.146. The Morgan fingerprint density at radius 3 is 2.75 bits per heavy atom. The molecule has 0 bridgehead atoms. The molecule has 3 aliphatic rings. The fraction of sp³-hybridized carbons (Fsp3) is 0.708. The number of aliphatic hydroxyl groups is 1. The molecule has 0 unspecified atom stereocenters. The average molecular weight is 530 g/mol. The molecule has 0 aliphatic carbocycles. The second-order valence-corrected chi connectivity index (χ2v) is 11.4. The number of morpholine rings is 1. The fourth-order valence-electron chi connectivity index (χ4n) is 4.97. The van der Waals surface area contributed by atoms with Gasteiger partial charge < -0.3 is 24.6 Å². The van der Waals surface area contributed by atoms with Gasteiger partial charge in [0, 0.05) is 26.2 Å². The molecule has 1 amide bonds. The molecule has 0 spiro atoms. The maximum absolute atomic E-state index is 13.8. The lowest BCUT2D eigenvalue weighted by Gasteiger charge is -2.43. The highest BCUT2D eigenvalue weighted by atomic mass is 32.2. The first-order chi connectivity index (χ1) is 17.3. The van der Waals surface area contributed by atoms with Gasteiger partial charge in [-0.15, -0.1) is 0 Å². The van der Waals surface area contributed by atoms with Crippen LogP contribution in [-0.2, 0) is 29.0 Å². The summed E-state index contributed by atoms with van der Waals surface area (Å²) in [6, 6.07) is 4.24. The molecule has 2 N–H and O–H groups in total. The molecule has 36 heavy (non-hydrogen) atoms. The maximum atomic E-state index is 13.8. The number of aliphatic hydroxyl groups excluding tert-OH is 1. The number of benzene rings is 1. The number of nitrogens with one attached hydrogen (secondary N) is 1. The second-order valence-electron chi connectivity index (χ2n) is 9.53. The van der Waals surface area contributed by atoms with Crippen LogP contribution in [0.5, 0.6) is 0 Å². The van der Waals surface area contributed by atoms with E-state index in [9.17, 15) is 22.7 Å². The molecule has 1 aromatic rings. The van der Waals surface area contributed by atoms with E-state index in [0.717, 1.165) is 45.3 Å². The first-order valence-corrected chi connectivity index (χ1v) is 14.0. The smallest absolute Gasteiger partial charge is 0.243 e. The first-order valence-electron chi connectivity index (χ1n) is 12.6. The Balaban J connectivity index is 1.33. The Hall–Kier alpha value is -1.67. The van der Waals surface area contributed by atoms with Gasteiger partial charge in [-0.3, -0.25) is 9.69 Å². The van der Waals surface area contributed by atoms with Gasteiger partial charge in [0.15, 0.2) is 0 Å². The van der Waals surface area contributed by atoms with Gasteiger partial charge in [0.25, 0.3) is 0 Å². The molecular formula is C24H36FN3O7S. The van der Waals surface area contributed by atoms with Gasteiger partial charge in [-0.25, -0.2) is 12.8 Å². The highest BCUT2D eigenvalue weighted by molar-refractivity contribution is 7.89. The van der Waals surface area contributed by atoms with Crippen LogP contribution >= 0.6 is 0 Å². The number of ether oxygens (including phenoxy) is 3. The highest BCUT2D eigenvalue weighted by Gasteiger charge is 2.43. The highest BCUT2D eigenvalue weighted by Crippen LogP contribution is 2.31. The van der Waals surface area contributed by atoms with Gasteiger partial charge in [0.1, 0.15) is 5.82 Å². The number of amides is 1. The summed E-state index contributed by atoms with van der Waals surface area (Å²) in [5.74, 6) is -0.758. The van der Waals surface area contributed by atoms with E-state index in [-0.39, 0.29) is 43.1 Å². The average Bonchev–Trinajstić information content (AvgIpc) is 2.85. The summed E-state index contributed by atoms with van der Waals surface area (Å²) in [6.45, 7) is 4.67. The summed E-state index contributed by atoms with van der Waals surface area (Å²) in [7, 11) is -4.09. The van der Waals surface area contributed by atoms with Crippen LogP contribution in [0.25, 0.3) is 0 Å². The molecule has 4 atom stereocenters. The van der Waals surface area contributed by atoms with E-state index in [1.807, 2.05) is 0 Å². The predicted molar refractivity (Wildman–Crippen MR) is 128 cm³/mol. The Morgan fingerprint density at radius 2 is 1.97 bits per heavy atom.